The van der Waals surface area contributed by atoms with Crippen LogP contribution in [0.25, 0.3) is 0 Å². The molecular weight excluding hydrogens is 226 g/mol. The van der Waals surface area contributed by atoms with Crippen LogP contribution in [-0.4, -0.2) is 34.6 Å². The lowest BCUT2D eigenvalue weighted by Gasteiger charge is -2.56. The van der Waals surface area contributed by atoms with Gasteiger partial charge in [-0.05, 0) is 43.9 Å². The van der Waals surface area contributed by atoms with Crippen molar-refractivity contribution in [2.45, 2.75) is 64.8 Å². The minimum absolute atomic E-state index is 0.385. The van der Waals surface area contributed by atoms with Crippen LogP contribution in [0.5, 0.6) is 0 Å². The molecule has 2 rings (SSSR count). The Balaban J connectivity index is 2.03. The summed E-state index contributed by atoms with van der Waals surface area (Å²) in [5.74, 6) is -0.233. The first-order valence-corrected chi connectivity index (χ1v) is 7.47. The van der Waals surface area contributed by atoms with E-state index in [9.17, 15) is 9.90 Å². The average Bonchev–Trinajstić information content (AvgIpc) is 3.08. The largest absolute Gasteiger partial charge is 0.480 e. The van der Waals surface area contributed by atoms with Crippen molar-refractivity contribution in [1.82, 2.24) is 4.90 Å². The summed E-state index contributed by atoms with van der Waals surface area (Å²) in [6, 6.07) is 0. The van der Waals surface area contributed by atoms with Gasteiger partial charge in [0.25, 0.3) is 0 Å². The van der Waals surface area contributed by atoms with E-state index in [1.807, 2.05) is 6.92 Å². The topological polar surface area (TPSA) is 40.5 Å². The minimum atomic E-state index is -0.619. The lowest BCUT2D eigenvalue weighted by Crippen LogP contribution is -2.67. The number of nitrogens with zero attached hydrogens (tertiary/aromatic N) is 1. The Hall–Kier alpha value is -0.570. The molecule has 1 saturated carbocycles. The smallest absolute Gasteiger partial charge is 0.324 e. The van der Waals surface area contributed by atoms with Gasteiger partial charge in [0, 0.05) is 13.1 Å². The molecule has 0 bridgehead atoms. The first kappa shape index (κ1) is 13.9. The molecule has 104 valence electrons. The summed E-state index contributed by atoms with van der Waals surface area (Å²) in [4.78, 5) is 13.9. The average molecular weight is 253 g/mol. The molecule has 2 fully saturated rings. The maximum Gasteiger partial charge on any atom is 0.324 e. The zero-order chi connectivity index (χ0) is 13.4. The number of hydrogen-bond acceptors (Lipinski definition) is 2. The Morgan fingerprint density at radius 3 is 2.11 bits per heavy atom. The zero-order valence-electron chi connectivity index (χ0n) is 12.0. The van der Waals surface area contributed by atoms with Crippen molar-refractivity contribution in [3.05, 3.63) is 0 Å². The van der Waals surface area contributed by atoms with Gasteiger partial charge < -0.3 is 5.11 Å². The first-order valence-electron chi connectivity index (χ1n) is 7.47. The van der Waals surface area contributed by atoms with E-state index in [-0.39, 0.29) is 0 Å². The molecule has 1 aliphatic carbocycles. The van der Waals surface area contributed by atoms with Crippen LogP contribution in [0.15, 0.2) is 0 Å². The summed E-state index contributed by atoms with van der Waals surface area (Å²) in [6.07, 6.45) is 7.10. The Bertz CT molecular complexity index is 310. The molecule has 2 aliphatic rings. The van der Waals surface area contributed by atoms with Crippen molar-refractivity contribution in [3.8, 4) is 0 Å². The van der Waals surface area contributed by atoms with Crippen molar-refractivity contribution in [3.63, 3.8) is 0 Å². The third kappa shape index (κ3) is 2.18. The number of carboxylic acid groups (broad SMARTS) is 1. The fourth-order valence-corrected chi connectivity index (χ4v) is 3.81. The highest BCUT2D eigenvalue weighted by atomic mass is 16.4. The number of likely N-dealkylation sites (tertiary alicyclic amines) is 1. The second-order valence-electron chi connectivity index (χ2n) is 6.58. The van der Waals surface area contributed by atoms with Crippen LogP contribution < -0.4 is 0 Å². The maximum atomic E-state index is 11.6. The Kier molecular flexibility index (Phi) is 3.72. The number of hydrogen-bond donors (Lipinski definition) is 1. The second kappa shape index (κ2) is 4.84. The van der Waals surface area contributed by atoms with Crippen LogP contribution in [0, 0.1) is 11.3 Å². The molecule has 0 aromatic rings. The Morgan fingerprint density at radius 1 is 1.28 bits per heavy atom. The molecule has 0 aromatic carbocycles. The van der Waals surface area contributed by atoms with Gasteiger partial charge in [0.2, 0.25) is 0 Å². The number of rotatable bonds is 7. The molecule has 3 nitrogen and oxygen atoms in total. The number of carboxylic acids is 1. The molecule has 1 atom stereocenters. The second-order valence-corrected chi connectivity index (χ2v) is 6.58. The lowest BCUT2D eigenvalue weighted by molar-refractivity contribution is -0.165. The molecule has 1 aliphatic heterocycles. The predicted molar refractivity (Wildman–Crippen MR) is 72.6 cm³/mol. The standard InChI is InChI=1S/C15H27NO2/c1-4-8-15(9-5-2)10-16(11-15)14(3,13(17)18)12-6-7-12/h12H,4-11H2,1-3H3,(H,17,18). The molecule has 0 aromatic heterocycles. The van der Waals surface area contributed by atoms with E-state index < -0.39 is 11.5 Å². The number of carbonyl (C=O) groups is 1. The van der Waals surface area contributed by atoms with Crippen molar-refractivity contribution in [1.29, 1.82) is 0 Å². The van der Waals surface area contributed by atoms with Gasteiger partial charge in [-0.15, -0.1) is 0 Å². The van der Waals surface area contributed by atoms with Gasteiger partial charge >= 0.3 is 5.97 Å². The molecule has 0 amide bonds. The fourth-order valence-electron chi connectivity index (χ4n) is 3.81. The van der Waals surface area contributed by atoms with Crippen LogP contribution >= 0.6 is 0 Å². The van der Waals surface area contributed by atoms with E-state index in [2.05, 4.69) is 18.7 Å². The van der Waals surface area contributed by atoms with Gasteiger partial charge in [-0.3, -0.25) is 9.69 Å². The van der Waals surface area contributed by atoms with E-state index in [1.165, 1.54) is 25.7 Å². The van der Waals surface area contributed by atoms with Crippen LogP contribution in [-0.2, 0) is 4.79 Å². The summed E-state index contributed by atoms with van der Waals surface area (Å²) < 4.78 is 0. The van der Waals surface area contributed by atoms with Gasteiger partial charge in [0.05, 0.1) is 0 Å². The molecule has 3 heteroatoms. The lowest BCUT2D eigenvalue weighted by atomic mass is 9.70. The van der Waals surface area contributed by atoms with Crippen LogP contribution in [0.3, 0.4) is 0 Å². The Labute approximate surface area is 111 Å². The van der Waals surface area contributed by atoms with E-state index in [1.54, 1.807) is 0 Å². The van der Waals surface area contributed by atoms with E-state index in [4.69, 9.17) is 0 Å². The maximum absolute atomic E-state index is 11.6. The van der Waals surface area contributed by atoms with Gasteiger partial charge in [-0.2, -0.15) is 0 Å². The van der Waals surface area contributed by atoms with Gasteiger partial charge in [0.15, 0.2) is 0 Å². The summed E-state index contributed by atoms with van der Waals surface area (Å²) in [6.45, 7) is 8.39. The molecule has 1 N–H and O–H groups in total. The van der Waals surface area contributed by atoms with Crippen molar-refractivity contribution < 1.29 is 9.90 Å². The highest BCUT2D eigenvalue weighted by Crippen LogP contribution is 2.50. The van der Waals surface area contributed by atoms with Crippen molar-refractivity contribution in [2.24, 2.45) is 11.3 Å². The van der Waals surface area contributed by atoms with Gasteiger partial charge in [-0.1, -0.05) is 26.7 Å². The monoisotopic (exact) mass is 253 g/mol. The Morgan fingerprint density at radius 2 is 1.78 bits per heavy atom. The molecule has 1 saturated heterocycles. The highest BCUT2D eigenvalue weighted by molar-refractivity contribution is 5.79. The quantitative estimate of drug-likeness (QED) is 0.757. The summed E-state index contributed by atoms with van der Waals surface area (Å²) in [5.41, 5.74) is -0.180. The minimum Gasteiger partial charge on any atom is -0.480 e. The molecule has 1 unspecified atom stereocenters. The first-order chi connectivity index (χ1) is 8.48. The molecule has 18 heavy (non-hydrogen) atoms. The van der Waals surface area contributed by atoms with Crippen molar-refractivity contribution >= 4 is 5.97 Å². The fraction of sp³-hybridized carbons (Fsp3) is 0.933. The van der Waals surface area contributed by atoms with Gasteiger partial charge in [-0.25, -0.2) is 0 Å². The summed E-state index contributed by atoms with van der Waals surface area (Å²) in [7, 11) is 0. The summed E-state index contributed by atoms with van der Waals surface area (Å²) in [5, 5.41) is 9.57. The third-order valence-corrected chi connectivity index (χ3v) is 5.08. The SMILES string of the molecule is CCCC1(CCC)CN(C(C)(C(=O)O)C2CC2)C1. The van der Waals surface area contributed by atoms with E-state index >= 15 is 0 Å². The number of aliphatic carboxylic acids is 1. The summed E-state index contributed by atoms with van der Waals surface area (Å²) >= 11 is 0. The third-order valence-electron chi connectivity index (χ3n) is 5.08. The molecule has 1 heterocycles. The molecule has 0 radical (unpaired) electrons. The predicted octanol–water partition coefficient (Wildman–Crippen LogP) is 3.14. The molecule has 0 spiro atoms. The van der Waals surface area contributed by atoms with Crippen LogP contribution in [0.4, 0.5) is 0 Å². The highest BCUT2D eigenvalue weighted by Gasteiger charge is 2.57. The van der Waals surface area contributed by atoms with E-state index in [0.29, 0.717) is 11.3 Å². The zero-order valence-corrected chi connectivity index (χ0v) is 12.0. The van der Waals surface area contributed by atoms with Crippen LogP contribution in [0.1, 0.15) is 59.3 Å². The van der Waals surface area contributed by atoms with Crippen molar-refractivity contribution in [2.75, 3.05) is 13.1 Å². The van der Waals surface area contributed by atoms with Crippen LogP contribution in [0.2, 0.25) is 0 Å². The van der Waals surface area contributed by atoms with Gasteiger partial charge in [0.1, 0.15) is 5.54 Å². The molecular formula is C15H27NO2. The van der Waals surface area contributed by atoms with E-state index in [0.717, 1.165) is 25.9 Å². The normalized spacial score (nSPS) is 26.4.